The highest BCUT2D eigenvalue weighted by molar-refractivity contribution is 5.78. The van der Waals surface area contributed by atoms with Gasteiger partial charge in [0.2, 0.25) is 5.91 Å². The fourth-order valence-electron chi connectivity index (χ4n) is 2.76. The van der Waals surface area contributed by atoms with Gasteiger partial charge in [-0.3, -0.25) is 19.8 Å². The minimum Gasteiger partial charge on any atom is -0.467 e. The van der Waals surface area contributed by atoms with E-state index in [1.54, 1.807) is 4.90 Å². The molecule has 1 heterocycles. The van der Waals surface area contributed by atoms with Crippen LogP contribution in [-0.4, -0.2) is 54.1 Å². The molecule has 0 radical (unpaired) electrons. The average molecular weight is 337 g/mol. The van der Waals surface area contributed by atoms with Crippen molar-refractivity contribution in [1.29, 1.82) is 0 Å². The molecule has 0 unspecified atom stereocenters. The maximum atomic E-state index is 12.2. The molecular weight excluding hydrogens is 314 g/mol. The zero-order chi connectivity index (χ0) is 17.7. The molecule has 1 amide bonds. The second kappa shape index (κ2) is 8.07. The Morgan fingerprint density at radius 2 is 2.04 bits per heavy atom. The summed E-state index contributed by atoms with van der Waals surface area (Å²) in [7, 11) is 1.81. The molecule has 8 heteroatoms. The number of hydrogen-bond donors (Lipinski definition) is 0. The monoisotopic (exact) mass is 337 g/mol. The third-order valence-corrected chi connectivity index (χ3v) is 3.94. The van der Waals surface area contributed by atoms with E-state index in [-0.39, 0.29) is 31.5 Å². The second-order valence-corrected chi connectivity index (χ2v) is 5.70. The molecule has 0 N–H and O–H groups in total. The molecule has 1 aromatic carbocycles. The summed E-state index contributed by atoms with van der Waals surface area (Å²) in [6.07, 6.45) is 0. The lowest BCUT2D eigenvalue weighted by atomic mass is 10.1. The zero-order valence-electron chi connectivity index (χ0n) is 14.3. The number of nitro groups is 1. The quantitative estimate of drug-likeness (QED) is 0.557. The summed E-state index contributed by atoms with van der Waals surface area (Å²) in [6.45, 7) is 6.24. The maximum absolute atomic E-state index is 12.2. The van der Waals surface area contributed by atoms with Gasteiger partial charge >= 0.3 is 0 Å². The number of likely N-dealkylation sites (N-methyl/N-ethyl adjacent to an activating group) is 2. The van der Waals surface area contributed by atoms with Gasteiger partial charge < -0.3 is 14.4 Å². The van der Waals surface area contributed by atoms with Crippen LogP contribution < -0.4 is 4.74 Å². The topological polar surface area (TPSA) is 85.2 Å². The van der Waals surface area contributed by atoms with E-state index >= 15 is 0 Å². The van der Waals surface area contributed by atoms with Crippen molar-refractivity contribution in [3.8, 4) is 5.75 Å². The Labute approximate surface area is 141 Å². The SMILES string of the molecule is CCN(CC)C(=O)CN(C)Cc1cc([N+](=O)[O-])cc2c1OCOC2. The highest BCUT2D eigenvalue weighted by Crippen LogP contribution is 2.33. The van der Waals surface area contributed by atoms with E-state index in [1.807, 2.05) is 25.8 Å². The third kappa shape index (κ3) is 4.21. The summed E-state index contributed by atoms with van der Waals surface area (Å²) < 4.78 is 10.7. The van der Waals surface area contributed by atoms with Crippen LogP contribution in [0, 0.1) is 10.1 Å². The number of benzene rings is 1. The van der Waals surface area contributed by atoms with E-state index in [1.165, 1.54) is 12.1 Å². The van der Waals surface area contributed by atoms with Crippen molar-refractivity contribution in [3.05, 3.63) is 33.4 Å². The first-order valence-corrected chi connectivity index (χ1v) is 7.93. The molecule has 1 aromatic rings. The minimum atomic E-state index is -0.431. The van der Waals surface area contributed by atoms with Crippen LogP contribution in [0.1, 0.15) is 25.0 Å². The van der Waals surface area contributed by atoms with Crippen LogP contribution in [0.15, 0.2) is 12.1 Å². The van der Waals surface area contributed by atoms with E-state index in [0.29, 0.717) is 36.5 Å². The fourth-order valence-corrected chi connectivity index (χ4v) is 2.76. The van der Waals surface area contributed by atoms with Gasteiger partial charge in [0, 0.05) is 42.9 Å². The molecule has 2 rings (SSSR count). The smallest absolute Gasteiger partial charge is 0.270 e. The Hall–Kier alpha value is -2.19. The standard InChI is InChI=1S/C16H23N3O5/c1-4-18(5-2)15(20)9-17(3)8-12-6-14(19(21)22)7-13-10-23-11-24-16(12)13/h6-7H,4-5,8-11H2,1-3H3. The second-order valence-electron chi connectivity index (χ2n) is 5.70. The Bertz CT molecular complexity index is 616. The maximum Gasteiger partial charge on any atom is 0.270 e. The largest absolute Gasteiger partial charge is 0.467 e. The van der Waals surface area contributed by atoms with E-state index in [2.05, 4.69) is 0 Å². The minimum absolute atomic E-state index is 0.00122. The number of hydrogen-bond acceptors (Lipinski definition) is 6. The lowest BCUT2D eigenvalue weighted by molar-refractivity contribution is -0.385. The van der Waals surface area contributed by atoms with E-state index < -0.39 is 4.92 Å². The fraction of sp³-hybridized carbons (Fsp3) is 0.562. The normalized spacial score (nSPS) is 13.3. The molecule has 0 bridgehead atoms. The van der Waals surface area contributed by atoms with Crippen molar-refractivity contribution in [3.63, 3.8) is 0 Å². The summed E-state index contributed by atoms with van der Waals surface area (Å²) in [5.41, 5.74) is 1.35. The van der Waals surface area contributed by atoms with Gasteiger partial charge in [-0.15, -0.1) is 0 Å². The molecule has 0 aliphatic carbocycles. The van der Waals surface area contributed by atoms with Crippen LogP contribution in [0.3, 0.4) is 0 Å². The zero-order valence-corrected chi connectivity index (χ0v) is 14.3. The molecule has 8 nitrogen and oxygen atoms in total. The van der Waals surface area contributed by atoms with E-state index in [4.69, 9.17) is 9.47 Å². The molecule has 0 spiro atoms. The number of nitrogens with zero attached hydrogens (tertiary/aromatic N) is 3. The lowest BCUT2D eigenvalue weighted by Gasteiger charge is -2.25. The van der Waals surface area contributed by atoms with Crippen LogP contribution in [0.2, 0.25) is 0 Å². The molecule has 1 aliphatic rings. The highest BCUT2D eigenvalue weighted by atomic mass is 16.7. The van der Waals surface area contributed by atoms with E-state index in [0.717, 1.165) is 0 Å². The van der Waals surface area contributed by atoms with Crippen LogP contribution in [-0.2, 0) is 22.7 Å². The highest BCUT2D eigenvalue weighted by Gasteiger charge is 2.22. The van der Waals surface area contributed by atoms with Crippen molar-refractivity contribution in [2.75, 3.05) is 33.5 Å². The Kier molecular flexibility index (Phi) is 6.10. The number of amides is 1. The molecule has 0 atom stereocenters. The van der Waals surface area contributed by atoms with Gasteiger partial charge in [-0.1, -0.05) is 0 Å². The molecule has 1 aliphatic heterocycles. The van der Waals surface area contributed by atoms with Crippen molar-refractivity contribution >= 4 is 11.6 Å². The van der Waals surface area contributed by atoms with Crippen LogP contribution >= 0.6 is 0 Å². The molecule has 0 aromatic heterocycles. The van der Waals surface area contributed by atoms with Gasteiger partial charge in [-0.25, -0.2) is 0 Å². The number of carbonyl (C=O) groups is 1. The van der Waals surface area contributed by atoms with Gasteiger partial charge in [-0.05, 0) is 20.9 Å². The Morgan fingerprint density at radius 1 is 1.33 bits per heavy atom. The number of ether oxygens (including phenoxy) is 2. The predicted molar refractivity (Wildman–Crippen MR) is 87.6 cm³/mol. The number of non-ortho nitro benzene ring substituents is 1. The number of fused-ring (bicyclic) bond motifs is 1. The van der Waals surface area contributed by atoms with E-state index in [9.17, 15) is 14.9 Å². The molecule has 24 heavy (non-hydrogen) atoms. The molecule has 0 saturated heterocycles. The molecule has 0 fully saturated rings. The number of nitro benzene ring substituents is 1. The Morgan fingerprint density at radius 3 is 2.67 bits per heavy atom. The van der Waals surface area contributed by atoms with Gasteiger partial charge in [0.15, 0.2) is 6.79 Å². The van der Waals surface area contributed by atoms with Crippen LogP contribution in [0.4, 0.5) is 5.69 Å². The van der Waals surface area contributed by atoms with Crippen molar-refractivity contribution in [2.45, 2.75) is 27.0 Å². The summed E-state index contributed by atoms with van der Waals surface area (Å²) in [4.78, 5) is 26.5. The first-order valence-electron chi connectivity index (χ1n) is 7.93. The third-order valence-electron chi connectivity index (χ3n) is 3.94. The summed E-state index contributed by atoms with van der Waals surface area (Å²) in [5.74, 6) is 0.653. The summed E-state index contributed by atoms with van der Waals surface area (Å²) in [5, 5.41) is 11.1. The molecular formula is C16H23N3O5. The average Bonchev–Trinajstić information content (AvgIpc) is 2.55. The lowest BCUT2D eigenvalue weighted by Crippen LogP contribution is -2.38. The summed E-state index contributed by atoms with van der Waals surface area (Å²) in [6, 6.07) is 2.97. The number of carbonyl (C=O) groups excluding carboxylic acids is 1. The van der Waals surface area contributed by atoms with Crippen molar-refractivity contribution in [1.82, 2.24) is 9.80 Å². The van der Waals surface area contributed by atoms with Gasteiger partial charge in [0.1, 0.15) is 5.75 Å². The molecule has 132 valence electrons. The van der Waals surface area contributed by atoms with Crippen molar-refractivity contribution in [2.24, 2.45) is 0 Å². The molecule has 0 saturated carbocycles. The van der Waals surface area contributed by atoms with Gasteiger partial charge in [0.05, 0.1) is 18.1 Å². The Balaban J connectivity index is 2.17. The first-order chi connectivity index (χ1) is 11.5. The van der Waals surface area contributed by atoms with Crippen molar-refractivity contribution < 1.29 is 19.2 Å². The van der Waals surface area contributed by atoms with Gasteiger partial charge in [-0.2, -0.15) is 0 Å². The van der Waals surface area contributed by atoms with Crippen LogP contribution in [0.5, 0.6) is 5.75 Å². The summed E-state index contributed by atoms with van der Waals surface area (Å²) >= 11 is 0. The first kappa shape index (κ1) is 18.2. The number of rotatable bonds is 7. The van der Waals surface area contributed by atoms with Crippen LogP contribution in [0.25, 0.3) is 0 Å². The predicted octanol–water partition coefficient (Wildman–Crippen LogP) is 1.76. The van der Waals surface area contributed by atoms with Gasteiger partial charge in [0.25, 0.3) is 5.69 Å².